The highest BCUT2D eigenvalue weighted by Gasteiger charge is 2.35. The van der Waals surface area contributed by atoms with E-state index in [0.29, 0.717) is 17.8 Å². The van der Waals surface area contributed by atoms with Crippen molar-refractivity contribution in [2.75, 3.05) is 20.2 Å². The molecule has 1 aliphatic heterocycles. The summed E-state index contributed by atoms with van der Waals surface area (Å²) in [5, 5.41) is 3.73. The van der Waals surface area contributed by atoms with Crippen molar-refractivity contribution in [3.63, 3.8) is 0 Å². The Morgan fingerprint density at radius 3 is 2.76 bits per heavy atom. The zero-order chi connectivity index (χ0) is 15.5. The Hall–Kier alpha value is -1.13. The molecular weight excluding hydrogens is 262 g/mol. The van der Waals surface area contributed by atoms with Gasteiger partial charge in [0.1, 0.15) is 0 Å². The first-order valence-corrected chi connectivity index (χ1v) is 7.95. The highest BCUT2D eigenvalue weighted by Crippen LogP contribution is 2.24. The minimum atomic E-state index is 0.214. The SMILES string of the molecule is CCC1(C)CN(Cc2ccc(OC)nc2)C(C(C)C)CN1. The second-order valence-electron chi connectivity index (χ2n) is 6.72. The quantitative estimate of drug-likeness (QED) is 0.905. The topological polar surface area (TPSA) is 37.4 Å². The van der Waals surface area contributed by atoms with E-state index in [-0.39, 0.29) is 5.54 Å². The van der Waals surface area contributed by atoms with Gasteiger partial charge in [0.15, 0.2) is 0 Å². The first kappa shape index (κ1) is 16.2. The molecule has 0 aliphatic carbocycles. The fraction of sp³-hybridized carbons (Fsp3) is 0.706. The van der Waals surface area contributed by atoms with Crippen LogP contribution in [0.5, 0.6) is 5.88 Å². The lowest BCUT2D eigenvalue weighted by atomic mass is 9.89. The number of hydrogen-bond acceptors (Lipinski definition) is 4. The average molecular weight is 291 g/mol. The number of methoxy groups -OCH3 is 1. The Morgan fingerprint density at radius 2 is 2.24 bits per heavy atom. The molecule has 21 heavy (non-hydrogen) atoms. The van der Waals surface area contributed by atoms with Crippen molar-refractivity contribution in [1.29, 1.82) is 0 Å². The van der Waals surface area contributed by atoms with Crippen molar-refractivity contribution < 1.29 is 4.74 Å². The van der Waals surface area contributed by atoms with E-state index in [9.17, 15) is 0 Å². The summed E-state index contributed by atoms with van der Waals surface area (Å²) in [7, 11) is 1.65. The summed E-state index contributed by atoms with van der Waals surface area (Å²) in [4.78, 5) is 6.93. The fourth-order valence-electron chi connectivity index (χ4n) is 3.03. The van der Waals surface area contributed by atoms with E-state index in [0.717, 1.165) is 26.1 Å². The summed E-state index contributed by atoms with van der Waals surface area (Å²) in [5.41, 5.74) is 1.47. The summed E-state index contributed by atoms with van der Waals surface area (Å²) in [6.07, 6.45) is 3.08. The van der Waals surface area contributed by atoms with Gasteiger partial charge in [0.2, 0.25) is 5.88 Å². The van der Waals surface area contributed by atoms with Gasteiger partial charge in [-0.15, -0.1) is 0 Å². The molecule has 1 aromatic rings. The monoisotopic (exact) mass is 291 g/mol. The van der Waals surface area contributed by atoms with Gasteiger partial charge in [-0.3, -0.25) is 4.90 Å². The Balaban J connectivity index is 2.11. The van der Waals surface area contributed by atoms with Crippen molar-refractivity contribution in [1.82, 2.24) is 15.2 Å². The van der Waals surface area contributed by atoms with Crippen molar-refractivity contribution >= 4 is 0 Å². The standard InChI is InChI=1S/C17H29N3O/c1-6-17(4)12-20(15(10-19-17)13(2)3)11-14-7-8-16(21-5)18-9-14/h7-9,13,15,19H,6,10-12H2,1-5H3. The average Bonchev–Trinajstić information content (AvgIpc) is 2.48. The van der Waals surface area contributed by atoms with E-state index in [4.69, 9.17) is 4.74 Å². The number of rotatable bonds is 5. The Bertz CT molecular complexity index is 446. The van der Waals surface area contributed by atoms with Crippen LogP contribution in [0.2, 0.25) is 0 Å². The maximum absolute atomic E-state index is 5.13. The molecule has 1 aliphatic rings. The van der Waals surface area contributed by atoms with E-state index in [1.165, 1.54) is 5.56 Å². The number of piperazine rings is 1. The number of pyridine rings is 1. The molecule has 1 N–H and O–H groups in total. The molecule has 4 nitrogen and oxygen atoms in total. The van der Waals surface area contributed by atoms with Crippen LogP contribution in [0.4, 0.5) is 0 Å². The van der Waals surface area contributed by atoms with Crippen molar-refractivity contribution in [3.05, 3.63) is 23.9 Å². The van der Waals surface area contributed by atoms with E-state index in [1.54, 1.807) is 7.11 Å². The maximum atomic E-state index is 5.13. The Kier molecular flexibility index (Phi) is 5.22. The molecule has 0 amide bonds. The lowest BCUT2D eigenvalue weighted by Gasteiger charge is -2.47. The molecule has 2 atom stereocenters. The number of aromatic nitrogens is 1. The molecule has 4 heteroatoms. The van der Waals surface area contributed by atoms with E-state index in [2.05, 4.69) is 49.0 Å². The van der Waals surface area contributed by atoms with Gasteiger partial charge in [0.25, 0.3) is 0 Å². The van der Waals surface area contributed by atoms with Crippen LogP contribution in [0, 0.1) is 5.92 Å². The van der Waals surface area contributed by atoms with Crippen LogP contribution in [0.3, 0.4) is 0 Å². The van der Waals surface area contributed by atoms with Gasteiger partial charge in [0.05, 0.1) is 7.11 Å². The van der Waals surface area contributed by atoms with Gasteiger partial charge in [-0.25, -0.2) is 4.98 Å². The predicted molar refractivity (Wildman–Crippen MR) is 86.5 cm³/mol. The largest absolute Gasteiger partial charge is 0.481 e. The normalized spacial score (nSPS) is 27.0. The molecule has 1 aromatic heterocycles. The summed E-state index contributed by atoms with van der Waals surface area (Å²) in [6, 6.07) is 4.64. The second kappa shape index (κ2) is 6.75. The van der Waals surface area contributed by atoms with Crippen LogP contribution >= 0.6 is 0 Å². The van der Waals surface area contributed by atoms with Crippen LogP contribution in [0.25, 0.3) is 0 Å². The lowest BCUT2D eigenvalue weighted by molar-refractivity contribution is 0.0538. The van der Waals surface area contributed by atoms with Gasteiger partial charge in [-0.2, -0.15) is 0 Å². The third-order valence-electron chi connectivity index (χ3n) is 4.70. The summed E-state index contributed by atoms with van der Waals surface area (Å²) in [6.45, 7) is 12.3. The smallest absolute Gasteiger partial charge is 0.212 e. The van der Waals surface area contributed by atoms with E-state index >= 15 is 0 Å². The molecule has 2 rings (SSSR count). The molecule has 2 unspecified atom stereocenters. The summed E-state index contributed by atoms with van der Waals surface area (Å²) >= 11 is 0. The fourth-order valence-corrected chi connectivity index (χ4v) is 3.03. The molecule has 1 fully saturated rings. The molecule has 0 saturated carbocycles. The molecule has 118 valence electrons. The predicted octanol–water partition coefficient (Wildman–Crippen LogP) is 2.69. The van der Waals surface area contributed by atoms with Crippen molar-refractivity contribution in [2.24, 2.45) is 5.92 Å². The number of ether oxygens (including phenoxy) is 1. The van der Waals surface area contributed by atoms with Crippen molar-refractivity contribution in [3.8, 4) is 5.88 Å². The third-order valence-corrected chi connectivity index (χ3v) is 4.70. The zero-order valence-corrected chi connectivity index (χ0v) is 14.0. The lowest BCUT2D eigenvalue weighted by Crippen LogP contribution is -2.63. The maximum Gasteiger partial charge on any atom is 0.212 e. The molecule has 2 heterocycles. The molecular formula is C17H29N3O. The first-order valence-electron chi connectivity index (χ1n) is 7.95. The van der Waals surface area contributed by atoms with Crippen LogP contribution in [-0.4, -0.2) is 41.7 Å². The number of nitrogens with one attached hydrogen (secondary N) is 1. The molecule has 0 aromatic carbocycles. The van der Waals surface area contributed by atoms with E-state index in [1.807, 2.05) is 12.3 Å². The molecule has 0 bridgehead atoms. The number of nitrogens with zero attached hydrogens (tertiary/aromatic N) is 2. The van der Waals surface area contributed by atoms with Crippen LogP contribution in [-0.2, 0) is 6.54 Å². The Labute approximate surface area is 128 Å². The summed E-state index contributed by atoms with van der Waals surface area (Å²) in [5.74, 6) is 1.32. The molecule has 1 saturated heterocycles. The minimum absolute atomic E-state index is 0.214. The van der Waals surface area contributed by atoms with Crippen LogP contribution in [0.1, 0.15) is 39.7 Å². The highest BCUT2D eigenvalue weighted by molar-refractivity contribution is 5.18. The minimum Gasteiger partial charge on any atom is -0.481 e. The summed E-state index contributed by atoms with van der Waals surface area (Å²) < 4.78 is 5.13. The van der Waals surface area contributed by atoms with Crippen LogP contribution in [0.15, 0.2) is 18.3 Å². The van der Waals surface area contributed by atoms with Gasteiger partial charge in [0, 0.05) is 43.5 Å². The molecule has 0 radical (unpaired) electrons. The Morgan fingerprint density at radius 1 is 1.48 bits per heavy atom. The zero-order valence-electron chi connectivity index (χ0n) is 14.0. The first-order chi connectivity index (χ1) is 9.97. The number of hydrogen-bond donors (Lipinski definition) is 1. The van der Waals surface area contributed by atoms with E-state index < -0.39 is 0 Å². The second-order valence-corrected chi connectivity index (χ2v) is 6.72. The van der Waals surface area contributed by atoms with Gasteiger partial charge >= 0.3 is 0 Å². The van der Waals surface area contributed by atoms with Gasteiger partial charge in [-0.05, 0) is 24.8 Å². The molecule has 0 spiro atoms. The van der Waals surface area contributed by atoms with Crippen molar-refractivity contribution in [2.45, 2.75) is 52.2 Å². The van der Waals surface area contributed by atoms with Crippen LogP contribution < -0.4 is 10.1 Å². The highest BCUT2D eigenvalue weighted by atomic mass is 16.5. The third kappa shape index (κ3) is 3.95. The van der Waals surface area contributed by atoms with Gasteiger partial charge in [-0.1, -0.05) is 26.8 Å². The van der Waals surface area contributed by atoms with Gasteiger partial charge < -0.3 is 10.1 Å².